The van der Waals surface area contributed by atoms with Crippen molar-refractivity contribution in [1.29, 1.82) is 0 Å². The van der Waals surface area contributed by atoms with Gasteiger partial charge < -0.3 is 4.74 Å². The van der Waals surface area contributed by atoms with E-state index in [1.165, 1.54) is 6.07 Å². The maximum atomic E-state index is 13.2. The van der Waals surface area contributed by atoms with E-state index < -0.39 is 31.9 Å². The van der Waals surface area contributed by atoms with E-state index in [2.05, 4.69) is 0 Å². The highest BCUT2D eigenvalue weighted by atomic mass is 32.2. The number of ether oxygens (including phenoxy) is 1. The average molecular weight is 378 g/mol. The monoisotopic (exact) mass is 378 g/mol. The molecule has 0 aromatic heterocycles. The molecule has 0 N–H and O–H groups in total. The summed E-state index contributed by atoms with van der Waals surface area (Å²) in [4.78, 5) is -0.787. The first-order valence-corrected chi connectivity index (χ1v) is 8.68. The molecule has 0 aliphatic heterocycles. The molecular formula is C16H11F5O3S. The summed E-state index contributed by atoms with van der Waals surface area (Å²) >= 11 is 0. The summed E-state index contributed by atoms with van der Waals surface area (Å²) in [6.45, 7) is 0. The number of alkyl halides is 3. The van der Waals surface area contributed by atoms with E-state index in [4.69, 9.17) is 4.74 Å². The largest absolute Gasteiger partial charge is 0.501 e. The number of fused-ring (bicyclic) bond motifs is 1. The summed E-state index contributed by atoms with van der Waals surface area (Å²) in [6, 6.07) is 4.76. The summed E-state index contributed by atoms with van der Waals surface area (Å²) in [5.74, 6) is -2.12. The highest BCUT2D eigenvalue weighted by Gasteiger charge is 2.48. The lowest BCUT2D eigenvalue weighted by Crippen LogP contribution is -2.24. The Balaban J connectivity index is 2.04. The van der Waals surface area contributed by atoms with Crippen LogP contribution in [-0.4, -0.2) is 13.9 Å². The van der Waals surface area contributed by atoms with Gasteiger partial charge in [0.15, 0.2) is 11.6 Å². The Labute approximate surface area is 140 Å². The van der Waals surface area contributed by atoms with Crippen molar-refractivity contribution in [3.8, 4) is 11.5 Å². The molecule has 1 aliphatic carbocycles. The van der Waals surface area contributed by atoms with E-state index in [0.29, 0.717) is 18.4 Å². The van der Waals surface area contributed by atoms with Gasteiger partial charge in [0.1, 0.15) is 11.5 Å². The second-order valence-corrected chi connectivity index (χ2v) is 7.41. The molecule has 2 aromatic carbocycles. The Morgan fingerprint density at radius 2 is 1.60 bits per heavy atom. The van der Waals surface area contributed by atoms with E-state index in [-0.39, 0.29) is 23.5 Å². The van der Waals surface area contributed by atoms with Gasteiger partial charge in [-0.1, -0.05) is 0 Å². The maximum absolute atomic E-state index is 13.2. The zero-order valence-electron chi connectivity index (χ0n) is 12.5. The van der Waals surface area contributed by atoms with Gasteiger partial charge in [0, 0.05) is 6.07 Å². The van der Waals surface area contributed by atoms with Crippen LogP contribution in [0.3, 0.4) is 0 Å². The van der Waals surface area contributed by atoms with Gasteiger partial charge in [-0.05, 0) is 54.7 Å². The van der Waals surface area contributed by atoms with Gasteiger partial charge in [0.25, 0.3) is 9.84 Å². The predicted octanol–water partition coefficient (Wildman–Crippen LogP) is 4.54. The van der Waals surface area contributed by atoms with Gasteiger partial charge in [-0.25, -0.2) is 17.2 Å². The smallest absolute Gasteiger partial charge is 0.457 e. The fourth-order valence-corrected chi connectivity index (χ4v) is 3.83. The van der Waals surface area contributed by atoms with E-state index in [0.717, 1.165) is 24.3 Å². The molecule has 134 valence electrons. The van der Waals surface area contributed by atoms with E-state index in [9.17, 15) is 30.4 Å². The molecule has 0 saturated heterocycles. The lowest BCUT2D eigenvalue weighted by molar-refractivity contribution is -0.0436. The van der Waals surface area contributed by atoms with Crippen LogP contribution >= 0.6 is 0 Å². The molecule has 0 saturated carbocycles. The molecule has 0 bridgehead atoms. The van der Waals surface area contributed by atoms with Crippen LogP contribution in [0, 0.1) is 11.6 Å². The molecule has 0 spiro atoms. The van der Waals surface area contributed by atoms with Gasteiger partial charge in [-0.3, -0.25) is 0 Å². The first-order chi connectivity index (χ1) is 11.6. The summed E-state index contributed by atoms with van der Waals surface area (Å²) in [7, 11) is -5.47. The topological polar surface area (TPSA) is 43.4 Å². The SMILES string of the molecule is O=S(=O)(c1ccc(Oc2ccc(F)c(F)c2)c2c1CCC2)C(F)(F)F. The Morgan fingerprint density at radius 3 is 2.24 bits per heavy atom. The summed E-state index contributed by atoms with van der Waals surface area (Å²) in [5.41, 5.74) is -5.02. The van der Waals surface area contributed by atoms with E-state index in [1.54, 1.807) is 0 Å². The van der Waals surface area contributed by atoms with Crippen LogP contribution in [0.25, 0.3) is 0 Å². The molecule has 3 rings (SSSR count). The maximum Gasteiger partial charge on any atom is 0.501 e. The van der Waals surface area contributed by atoms with Crippen molar-refractivity contribution in [1.82, 2.24) is 0 Å². The minimum absolute atomic E-state index is 0.0422. The molecule has 2 aromatic rings. The van der Waals surface area contributed by atoms with E-state index >= 15 is 0 Å². The molecule has 0 fully saturated rings. The third-order valence-electron chi connectivity index (χ3n) is 3.91. The van der Waals surface area contributed by atoms with Gasteiger partial charge in [-0.15, -0.1) is 0 Å². The Hall–Kier alpha value is -2.16. The van der Waals surface area contributed by atoms with Crippen LogP contribution in [0.15, 0.2) is 35.2 Å². The fraction of sp³-hybridized carbons (Fsp3) is 0.250. The molecule has 1 aliphatic rings. The molecule has 0 amide bonds. The third kappa shape index (κ3) is 3.08. The highest BCUT2D eigenvalue weighted by Crippen LogP contribution is 2.41. The molecular weight excluding hydrogens is 367 g/mol. The normalized spacial score (nSPS) is 14.4. The predicted molar refractivity (Wildman–Crippen MR) is 78.1 cm³/mol. The second-order valence-electron chi connectivity index (χ2n) is 5.50. The zero-order chi connectivity index (χ0) is 18.4. The Kier molecular flexibility index (Phi) is 4.22. The number of halogens is 5. The molecule has 25 heavy (non-hydrogen) atoms. The highest BCUT2D eigenvalue weighted by molar-refractivity contribution is 7.92. The van der Waals surface area contributed by atoms with Crippen molar-refractivity contribution in [3.05, 3.63) is 53.1 Å². The number of hydrogen-bond donors (Lipinski definition) is 0. The number of sulfone groups is 1. The average Bonchev–Trinajstić information content (AvgIpc) is 2.99. The van der Waals surface area contributed by atoms with Crippen molar-refractivity contribution in [3.63, 3.8) is 0 Å². The number of rotatable bonds is 3. The summed E-state index contributed by atoms with van der Waals surface area (Å²) < 4.78 is 93.5. The van der Waals surface area contributed by atoms with Gasteiger partial charge in [0.2, 0.25) is 0 Å². The molecule has 0 atom stereocenters. The lowest BCUT2D eigenvalue weighted by atomic mass is 10.1. The first-order valence-electron chi connectivity index (χ1n) is 7.20. The molecule has 0 heterocycles. The molecule has 0 radical (unpaired) electrons. The van der Waals surface area contributed by atoms with Crippen molar-refractivity contribution in [2.45, 2.75) is 29.7 Å². The van der Waals surface area contributed by atoms with Crippen molar-refractivity contribution in [2.75, 3.05) is 0 Å². The van der Waals surface area contributed by atoms with Crippen LogP contribution in [-0.2, 0) is 22.7 Å². The minimum Gasteiger partial charge on any atom is -0.457 e. The fourth-order valence-electron chi connectivity index (χ4n) is 2.78. The van der Waals surface area contributed by atoms with Crippen LogP contribution in [0.4, 0.5) is 22.0 Å². The lowest BCUT2D eigenvalue weighted by Gasteiger charge is -2.15. The Bertz CT molecular complexity index is 936. The van der Waals surface area contributed by atoms with Crippen LogP contribution in [0.1, 0.15) is 17.5 Å². The number of hydrogen-bond acceptors (Lipinski definition) is 3. The van der Waals surface area contributed by atoms with Crippen LogP contribution in [0.2, 0.25) is 0 Å². The summed E-state index contributed by atoms with van der Waals surface area (Å²) in [6.07, 6.45) is 0.957. The minimum atomic E-state index is -5.47. The van der Waals surface area contributed by atoms with Crippen LogP contribution < -0.4 is 4.74 Å². The third-order valence-corrected chi connectivity index (χ3v) is 5.48. The van der Waals surface area contributed by atoms with Crippen molar-refractivity contribution < 1.29 is 35.1 Å². The van der Waals surface area contributed by atoms with E-state index in [1.807, 2.05) is 0 Å². The Morgan fingerprint density at radius 1 is 0.920 bits per heavy atom. The standard InChI is InChI=1S/C16H11F5O3S/c17-12-5-4-9(8-13(12)18)24-14-6-7-15(11-3-1-2-10(11)14)25(22,23)16(19,20)21/h4-8H,1-3H2. The van der Waals surface area contributed by atoms with Gasteiger partial charge in [-0.2, -0.15) is 13.2 Å². The number of benzene rings is 2. The van der Waals surface area contributed by atoms with Crippen molar-refractivity contribution in [2.24, 2.45) is 0 Å². The van der Waals surface area contributed by atoms with Gasteiger partial charge in [0.05, 0.1) is 4.90 Å². The quantitative estimate of drug-likeness (QED) is 0.737. The first kappa shape index (κ1) is 17.7. The molecule has 3 nitrogen and oxygen atoms in total. The second kappa shape index (κ2) is 5.98. The van der Waals surface area contributed by atoms with Crippen molar-refractivity contribution >= 4 is 9.84 Å². The zero-order valence-corrected chi connectivity index (χ0v) is 13.3. The molecule has 9 heteroatoms. The van der Waals surface area contributed by atoms with Gasteiger partial charge >= 0.3 is 5.51 Å². The molecule has 0 unspecified atom stereocenters. The summed E-state index contributed by atoms with van der Waals surface area (Å²) in [5, 5.41) is 0. The van der Waals surface area contributed by atoms with Crippen LogP contribution in [0.5, 0.6) is 11.5 Å².